The second kappa shape index (κ2) is 9.76. The van der Waals surface area contributed by atoms with Crippen LogP contribution < -0.4 is 5.43 Å². The zero-order valence-corrected chi connectivity index (χ0v) is 18.5. The predicted molar refractivity (Wildman–Crippen MR) is 121 cm³/mol. The van der Waals surface area contributed by atoms with Crippen LogP contribution >= 0.6 is 0 Å². The van der Waals surface area contributed by atoms with Crippen LogP contribution in [0.25, 0.3) is 0 Å². The molecule has 0 bridgehead atoms. The molecule has 32 heavy (non-hydrogen) atoms. The van der Waals surface area contributed by atoms with Crippen molar-refractivity contribution < 1.29 is 18.1 Å². The molecular weight excluding hydrogens is 432 g/mol. The normalized spacial score (nSPS) is 20.0. The largest absolute Gasteiger partial charge is 0.379 e. The number of hydrogen-bond donors (Lipinski definition) is 1. The van der Waals surface area contributed by atoms with E-state index in [9.17, 15) is 18.5 Å². The van der Waals surface area contributed by atoms with E-state index in [0.717, 1.165) is 37.5 Å². The summed E-state index contributed by atoms with van der Waals surface area (Å²) in [5.41, 5.74) is 4.93. The molecule has 4 rings (SSSR count). The van der Waals surface area contributed by atoms with E-state index in [0.29, 0.717) is 19.1 Å². The van der Waals surface area contributed by atoms with Gasteiger partial charge in [-0.25, -0.2) is 8.42 Å². The number of sulfonamides is 1. The standard InChI is InChI=1S/C22H26N4O5S/c27-26(28)22-16-20(32(29,30)25-12-14-31-15-13-25)10-11-21(22)24-23-19-8-6-18(7-9-19)17-4-2-1-3-5-17/h1-5,10-11,16,18,24H,6-9,12-15H2. The second-order valence-corrected chi connectivity index (χ2v) is 9.87. The van der Waals surface area contributed by atoms with Gasteiger partial charge in [0, 0.05) is 24.9 Å². The summed E-state index contributed by atoms with van der Waals surface area (Å²) in [7, 11) is -3.82. The third-order valence-electron chi connectivity index (χ3n) is 5.94. The third kappa shape index (κ3) is 4.98. The summed E-state index contributed by atoms with van der Waals surface area (Å²) in [4.78, 5) is 10.9. The molecule has 0 unspecified atom stereocenters. The maximum absolute atomic E-state index is 12.8. The van der Waals surface area contributed by atoms with Gasteiger partial charge in [-0.15, -0.1) is 0 Å². The summed E-state index contributed by atoms with van der Waals surface area (Å²) in [6.45, 7) is 1.08. The number of hydrogen-bond acceptors (Lipinski definition) is 7. The molecule has 2 aromatic rings. The molecular formula is C22H26N4O5S. The molecule has 0 spiro atoms. The van der Waals surface area contributed by atoms with Gasteiger partial charge < -0.3 is 4.74 Å². The van der Waals surface area contributed by atoms with Crippen molar-refractivity contribution in [3.05, 3.63) is 64.2 Å². The maximum atomic E-state index is 12.8. The molecule has 2 fully saturated rings. The first kappa shape index (κ1) is 22.4. The number of ether oxygens (including phenoxy) is 1. The number of nitro groups is 1. The van der Waals surface area contributed by atoms with Crippen LogP contribution in [0.5, 0.6) is 0 Å². The highest BCUT2D eigenvalue weighted by molar-refractivity contribution is 7.89. The van der Waals surface area contributed by atoms with Crippen molar-refractivity contribution in [1.29, 1.82) is 0 Å². The molecule has 1 saturated heterocycles. The lowest BCUT2D eigenvalue weighted by Gasteiger charge is -2.26. The highest BCUT2D eigenvalue weighted by Crippen LogP contribution is 2.33. The van der Waals surface area contributed by atoms with Gasteiger partial charge in [0.2, 0.25) is 10.0 Å². The Balaban J connectivity index is 1.46. The van der Waals surface area contributed by atoms with Crippen molar-refractivity contribution in [3.8, 4) is 0 Å². The van der Waals surface area contributed by atoms with E-state index in [1.165, 1.54) is 22.0 Å². The Kier molecular flexibility index (Phi) is 6.83. The summed E-state index contributed by atoms with van der Waals surface area (Å²) in [6, 6.07) is 14.3. The first-order chi connectivity index (χ1) is 15.4. The fraction of sp³-hybridized carbons (Fsp3) is 0.409. The lowest BCUT2D eigenvalue weighted by Crippen LogP contribution is -2.40. The summed E-state index contributed by atoms with van der Waals surface area (Å²) >= 11 is 0. The first-order valence-corrected chi connectivity index (χ1v) is 12.1. The summed E-state index contributed by atoms with van der Waals surface area (Å²) in [5, 5.41) is 16.0. The van der Waals surface area contributed by atoms with Gasteiger partial charge in [-0.2, -0.15) is 9.41 Å². The van der Waals surface area contributed by atoms with Crippen molar-refractivity contribution >= 4 is 27.1 Å². The quantitative estimate of drug-likeness (QED) is 0.521. The highest BCUT2D eigenvalue weighted by Gasteiger charge is 2.29. The molecule has 170 valence electrons. The fourth-order valence-electron chi connectivity index (χ4n) is 4.11. The number of nitrogens with one attached hydrogen (secondary N) is 1. The van der Waals surface area contributed by atoms with Crippen LogP contribution in [-0.4, -0.2) is 49.7 Å². The molecule has 1 heterocycles. The second-order valence-electron chi connectivity index (χ2n) is 7.93. The average molecular weight is 459 g/mol. The number of anilines is 1. The van der Waals surface area contributed by atoms with E-state index < -0.39 is 14.9 Å². The molecule has 0 amide bonds. The van der Waals surface area contributed by atoms with Crippen molar-refractivity contribution in [2.45, 2.75) is 36.5 Å². The number of benzene rings is 2. The summed E-state index contributed by atoms with van der Waals surface area (Å²) < 4.78 is 32.1. The van der Waals surface area contributed by atoms with Gasteiger partial charge in [-0.3, -0.25) is 15.5 Å². The molecule has 2 aliphatic rings. The zero-order chi connectivity index (χ0) is 22.6. The SMILES string of the molecule is O=[N+]([O-])c1cc(S(=O)(=O)N2CCOCC2)ccc1NN=C1CCC(c2ccccc2)CC1. The van der Waals surface area contributed by atoms with Crippen LogP contribution in [0, 0.1) is 10.1 Å². The smallest absolute Gasteiger partial charge is 0.295 e. The molecule has 1 aliphatic heterocycles. The van der Waals surface area contributed by atoms with E-state index in [4.69, 9.17) is 4.74 Å². The highest BCUT2D eigenvalue weighted by atomic mass is 32.2. The van der Waals surface area contributed by atoms with Crippen LogP contribution in [-0.2, 0) is 14.8 Å². The lowest BCUT2D eigenvalue weighted by molar-refractivity contribution is -0.384. The Morgan fingerprint density at radius 1 is 1.06 bits per heavy atom. The summed E-state index contributed by atoms with van der Waals surface area (Å²) in [5.74, 6) is 0.495. The van der Waals surface area contributed by atoms with Crippen molar-refractivity contribution in [1.82, 2.24) is 4.31 Å². The molecule has 1 N–H and O–H groups in total. The van der Waals surface area contributed by atoms with E-state index in [1.54, 1.807) is 0 Å². The molecule has 1 aliphatic carbocycles. The third-order valence-corrected chi connectivity index (χ3v) is 7.84. The topological polar surface area (TPSA) is 114 Å². The van der Waals surface area contributed by atoms with Gasteiger partial charge in [-0.1, -0.05) is 30.3 Å². The van der Waals surface area contributed by atoms with Crippen LogP contribution in [0.3, 0.4) is 0 Å². The van der Waals surface area contributed by atoms with Gasteiger partial charge in [0.25, 0.3) is 5.69 Å². The van der Waals surface area contributed by atoms with Crippen molar-refractivity contribution in [2.24, 2.45) is 5.10 Å². The summed E-state index contributed by atoms with van der Waals surface area (Å²) in [6.07, 6.45) is 3.57. The molecule has 0 atom stereocenters. The number of morpholine rings is 1. The van der Waals surface area contributed by atoms with Gasteiger partial charge in [0.05, 0.1) is 23.0 Å². The monoisotopic (exact) mass is 458 g/mol. The lowest BCUT2D eigenvalue weighted by atomic mass is 9.83. The van der Waals surface area contributed by atoms with Crippen LogP contribution in [0.15, 0.2) is 58.5 Å². The average Bonchev–Trinajstić information content (AvgIpc) is 2.84. The van der Waals surface area contributed by atoms with Crippen molar-refractivity contribution in [3.63, 3.8) is 0 Å². The van der Waals surface area contributed by atoms with E-state index >= 15 is 0 Å². The predicted octanol–water partition coefficient (Wildman–Crippen LogP) is 3.74. The number of nitro benzene ring substituents is 1. The number of rotatable bonds is 6. The first-order valence-electron chi connectivity index (χ1n) is 10.7. The Morgan fingerprint density at radius 3 is 2.41 bits per heavy atom. The molecule has 0 radical (unpaired) electrons. The Bertz CT molecular complexity index is 1090. The molecule has 0 aromatic heterocycles. The minimum atomic E-state index is -3.82. The molecule has 2 aromatic carbocycles. The van der Waals surface area contributed by atoms with E-state index in [2.05, 4.69) is 22.7 Å². The van der Waals surface area contributed by atoms with E-state index in [1.807, 2.05) is 18.2 Å². The number of hydrazone groups is 1. The molecule has 1 saturated carbocycles. The molecule has 10 heteroatoms. The Morgan fingerprint density at radius 2 is 1.75 bits per heavy atom. The van der Waals surface area contributed by atoms with Crippen molar-refractivity contribution in [2.75, 3.05) is 31.7 Å². The van der Waals surface area contributed by atoms with Gasteiger partial charge in [-0.05, 0) is 49.3 Å². The van der Waals surface area contributed by atoms with Gasteiger partial charge in [0.15, 0.2) is 0 Å². The van der Waals surface area contributed by atoms with Crippen LogP contribution in [0.1, 0.15) is 37.2 Å². The number of nitrogens with zero attached hydrogens (tertiary/aromatic N) is 3. The van der Waals surface area contributed by atoms with Crippen LogP contribution in [0.4, 0.5) is 11.4 Å². The van der Waals surface area contributed by atoms with Gasteiger partial charge in [0.1, 0.15) is 5.69 Å². The minimum absolute atomic E-state index is 0.104. The fourth-order valence-corrected chi connectivity index (χ4v) is 5.54. The maximum Gasteiger partial charge on any atom is 0.295 e. The van der Waals surface area contributed by atoms with Crippen LogP contribution in [0.2, 0.25) is 0 Å². The zero-order valence-electron chi connectivity index (χ0n) is 17.6. The van der Waals surface area contributed by atoms with E-state index in [-0.39, 0.29) is 29.4 Å². The van der Waals surface area contributed by atoms with Gasteiger partial charge >= 0.3 is 0 Å². The minimum Gasteiger partial charge on any atom is -0.379 e. The Hall–Kier alpha value is -2.82. The Labute approximate surface area is 187 Å². The molecule has 9 nitrogen and oxygen atoms in total.